The van der Waals surface area contributed by atoms with Gasteiger partial charge in [-0.15, -0.1) is 0 Å². The Morgan fingerprint density at radius 1 is 1.20 bits per heavy atom. The number of amides is 1. The van der Waals surface area contributed by atoms with Gasteiger partial charge in [-0.3, -0.25) is 14.5 Å². The van der Waals surface area contributed by atoms with Gasteiger partial charge in [0, 0.05) is 26.2 Å². The molecule has 1 aliphatic heterocycles. The smallest absolute Gasteiger partial charge is 0.303 e. The van der Waals surface area contributed by atoms with Gasteiger partial charge in [-0.05, 0) is 5.92 Å². The third-order valence-electron chi connectivity index (χ3n) is 3.19. The van der Waals surface area contributed by atoms with Crippen molar-refractivity contribution in [3.63, 3.8) is 0 Å². The number of nitrogens with zero attached hydrogens (tertiary/aromatic N) is 4. The number of hydrogen-bond donors (Lipinski definition) is 1. The van der Waals surface area contributed by atoms with Crippen molar-refractivity contribution in [1.29, 1.82) is 10.5 Å². The van der Waals surface area contributed by atoms with Gasteiger partial charge < -0.3 is 10.0 Å². The molecule has 1 fully saturated rings. The van der Waals surface area contributed by atoms with E-state index in [-0.39, 0.29) is 37.6 Å². The normalized spacial score (nSPS) is 14.9. The zero-order valence-corrected chi connectivity index (χ0v) is 11.3. The molecule has 1 amide bonds. The van der Waals surface area contributed by atoms with Crippen LogP contribution in [0.4, 0.5) is 0 Å². The van der Waals surface area contributed by atoms with E-state index in [1.165, 1.54) is 4.90 Å². The quantitative estimate of drug-likeness (QED) is 0.672. The summed E-state index contributed by atoms with van der Waals surface area (Å²) in [5.41, 5.74) is 0. The van der Waals surface area contributed by atoms with Crippen LogP contribution in [0.25, 0.3) is 0 Å². The van der Waals surface area contributed by atoms with Crippen LogP contribution in [0.15, 0.2) is 0 Å². The van der Waals surface area contributed by atoms with E-state index in [0.717, 1.165) is 0 Å². The first-order valence-corrected chi connectivity index (χ1v) is 6.52. The summed E-state index contributed by atoms with van der Waals surface area (Å²) >= 11 is 0. The van der Waals surface area contributed by atoms with Crippen molar-refractivity contribution in [2.75, 3.05) is 32.7 Å². The summed E-state index contributed by atoms with van der Waals surface area (Å²) in [6.45, 7) is 2.13. The molecule has 0 radical (unpaired) electrons. The van der Waals surface area contributed by atoms with Gasteiger partial charge in [-0.2, -0.15) is 10.5 Å². The molecule has 0 spiro atoms. The summed E-state index contributed by atoms with van der Waals surface area (Å²) in [6, 6.07) is 3.97. The van der Waals surface area contributed by atoms with Gasteiger partial charge in [0.1, 0.15) is 0 Å². The van der Waals surface area contributed by atoms with Crippen molar-refractivity contribution in [2.45, 2.75) is 19.3 Å². The maximum absolute atomic E-state index is 12.0. The molecule has 20 heavy (non-hydrogen) atoms. The van der Waals surface area contributed by atoms with Gasteiger partial charge in [-0.1, -0.05) is 0 Å². The number of carbonyl (C=O) groups is 2. The van der Waals surface area contributed by atoms with Crippen LogP contribution >= 0.6 is 0 Å². The lowest BCUT2D eigenvalue weighted by molar-refractivity contribution is -0.140. The monoisotopic (exact) mass is 278 g/mol. The maximum atomic E-state index is 12.0. The van der Waals surface area contributed by atoms with Crippen molar-refractivity contribution in [2.24, 2.45) is 5.92 Å². The highest BCUT2D eigenvalue weighted by molar-refractivity contribution is 5.78. The van der Waals surface area contributed by atoms with Crippen molar-refractivity contribution in [3.05, 3.63) is 0 Å². The molecule has 1 heterocycles. The molecule has 0 atom stereocenters. The van der Waals surface area contributed by atoms with Crippen LogP contribution in [0, 0.1) is 28.6 Å². The average molecular weight is 278 g/mol. The van der Waals surface area contributed by atoms with Crippen LogP contribution in [0.3, 0.4) is 0 Å². The van der Waals surface area contributed by atoms with Crippen molar-refractivity contribution < 1.29 is 14.7 Å². The Labute approximate surface area is 118 Å². The first-order valence-electron chi connectivity index (χ1n) is 6.52. The standard InChI is InChI=1S/C13H18N4O3/c14-3-1-5-17(6-2-4-15)12(18)10-16-8-11(9-16)7-13(19)20/h11H,1-2,5-10H2,(H,19,20). The number of carboxylic acids is 1. The highest BCUT2D eigenvalue weighted by Gasteiger charge is 2.30. The minimum absolute atomic E-state index is 0.107. The molecule has 7 heteroatoms. The Bertz CT molecular complexity index is 414. The highest BCUT2D eigenvalue weighted by Crippen LogP contribution is 2.18. The molecule has 1 N–H and O–H groups in total. The molecule has 0 bridgehead atoms. The fourth-order valence-electron chi connectivity index (χ4n) is 2.20. The van der Waals surface area contributed by atoms with Gasteiger partial charge in [0.2, 0.25) is 5.91 Å². The molecule has 1 saturated heterocycles. The molecule has 1 rings (SSSR count). The van der Waals surface area contributed by atoms with E-state index in [4.69, 9.17) is 15.6 Å². The van der Waals surface area contributed by atoms with Crippen molar-refractivity contribution in [3.8, 4) is 12.1 Å². The number of rotatable bonds is 8. The van der Waals surface area contributed by atoms with E-state index in [0.29, 0.717) is 26.2 Å². The molecular weight excluding hydrogens is 260 g/mol. The molecule has 7 nitrogen and oxygen atoms in total. The SMILES string of the molecule is N#CCCN(CCC#N)C(=O)CN1CC(CC(=O)O)C1. The largest absolute Gasteiger partial charge is 0.481 e. The van der Waals surface area contributed by atoms with Crippen LogP contribution in [0.5, 0.6) is 0 Å². The van der Waals surface area contributed by atoms with Crippen LogP contribution in [0.1, 0.15) is 19.3 Å². The average Bonchev–Trinajstić information content (AvgIpc) is 2.35. The van der Waals surface area contributed by atoms with Gasteiger partial charge in [-0.25, -0.2) is 0 Å². The first kappa shape index (κ1) is 15.9. The van der Waals surface area contributed by atoms with Crippen LogP contribution in [-0.2, 0) is 9.59 Å². The maximum Gasteiger partial charge on any atom is 0.303 e. The molecule has 0 unspecified atom stereocenters. The Hall–Kier alpha value is -2.12. The van der Waals surface area contributed by atoms with Gasteiger partial charge in [0.05, 0.1) is 37.9 Å². The zero-order valence-electron chi connectivity index (χ0n) is 11.3. The number of carbonyl (C=O) groups excluding carboxylic acids is 1. The van der Waals surface area contributed by atoms with E-state index in [1.54, 1.807) is 0 Å². The Kier molecular flexibility index (Phi) is 6.48. The first-order chi connectivity index (χ1) is 9.56. The van der Waals surface area contributed by atoms with Crippen molar-refractivity contribution >= 4 is 11.9 Å². The molecule has 108 valence electrons. The number of nitriles is 2. The third-order valence-corrected chi connectivity index (χ3v) is 3.19. The summed E-state index contributed by atoms with van der Waals surface area (Å²) < 4.78 is 0. The second-order valence-corrected chi connectivity index (χ2v) is 4.85. The summed E-state index contributed by atoms with van der Waals surface area (Å²) in [5, 5.41) is 25.8. The van der Waals surface area contributed by atoms with Gasteiger partial charge in [0.25, 0.3) is 0 Å². The zero-order chi connectivity index (χ0) is 15.0. The van der Waals surface area contributed by atoms with E-state index in [1.807, 2.05) is 17.0 Å². The number of carboxylic acid groups (broad SMARTS) is 1. The lowest BCUT2D eigenvalue weighted by Crippen LogP contribution is -2.52. The second-order valence-electron chi connectivity index (χ2n) is 4.85. The molecule has 0 saturated carbocycles. The van der Waals surface area contributed by atoms with Crippen LogP contribution in [-0.4, -0.2) is 59.5 Å². The van der Waals surface area contributed by atoms with Gasteiger partial charge in [0.15, 0.2) is 0 Å². The molecule has 1 aliphatic rings. The van der Waals surface area contributed by atoms with Crippen molar-refractivity contribution in [1.82, 2.24) is 9.80 Å². The minimum Gasteiger partial charge on any atom is -0.481 e. The molecule has 0 aliphatic carbocycles. The fourth-order valence-corrected chi connectivity index (χ4v) is 2.20. The molecule has 0 aromatic rings. The van der Waals surface area contributed by atoms with E-state index < -0.39 is 5.97 Å². The summed E-state index contributed by atoms with van der Waals surface area (Å²) in [6.07, 6.45) is 0.634. The van der Waals surface area contributed by atoms with Crippen LogP contribution in [0.2, 0.25) is 0 Å². The lowest BCUT2D eigenvalue weighted by Gasteiger charge is -2.39. The summed E-state index contributed by atoms with van der Waals surface area (Å²) in [7, 11) is 0. The Balaban J connectivity index is 2.34. The van der Waals surface area contributed by atoms with E-state index in [9.17, 15) is 9.59 Å². The summed E-state index contributed by atoms with van der Waals surface area (Å²) in [4.78, 5) is 26.0. The fraction of sp³-hybridized carbons (Fsp3) is 0.692. The lowest BCUT2D eigenvalue weighted by atomic mass is 9.96. The Morgan fingerprint density at radius 2 is 1.75 bits per heavy atom. The number of likely N-dealkylation sites (tertiary alicyclic amines) is 1. The van der Waals surface area contributed by atoms with E-state index in [2.05, 4.69) is 0 Å². The van der Waals surface area contributed by atoms with Gasteiger partial charge >= 0.3 is 5.97 Å². The second kappa shape index (κ2) is 8.13. The molecular formula is C13H18N4O3. The topological polar surface area (TPSA) is 108 Å². The predicted molar refractivity (Wildman–Crippen MR) is 69.2 cm³/mol. The molecule has 0 aromatic carbocycles. The highest BCUT2D eigenvalue weighted by atomic mass is 16.4. The Morgan fingerprint density at radius 3 is 2.20 bits per heavy atom. The van der Waals surface area contributed by atoms with E-state index >= 15 is 0 Å². The van der Waals surface area contributed by atoms with Crippen LogP contribution < -0.4 is 0 Å². The summed E-state index contributed by atoms with van der Waals surface area (Å²) in [5.74, 6) is -0.804. The minimum atomic E-state index is -0.814. The predicted octanol–water partition coefficient (Wildman–Crippen LogP) is 0.0489. The number of aliphatic carboxylic acids is 1. The number of hydrogen-bond acceptors (Lipinski definition) is 5. The molecule has 0 aromatic heterocycles. The third kappa shape index (κ3) is 5.25.